The number of benzene rings is 2. The summed E-state index contributed by atoms with van der Waals surface area (Å²) >= 11 is 2.23. The van der Waals surface area contributed by atoms with Crippen molar-refractivity contribution in [3.63, 3.8) is 0 Å². The molecule has 5 heteroatoms. The van der Waals surface area contributed by atoms with Crippen molar-refractivity contribution in [2.75, 3.05) is 0 Å². The summed E-state index contributed by atoms with van der Waals surface area (Å²) < 4.78 is 28.0. The van der Waals surface area contributed by atoms with Gasteiger partial charge in [0.25, 0.3) is 0 Å². The molecular weight excluding hydrogens is 373 g/mol. The molecule has 1 unspecified atom stereocenters. The van der Waals surface area contributed by atoms with Crippen LogP contribution in [0.2, 0.25) is 0 Å². The molecule has 0 radical (unpaired) electrons. The van der Waals surface area contributed by atoms with Gasteiger partial charge in [-0.15, -0.1) is 0 Å². The van der Waals surface area contributed by atoms with Crippen LogP contribution in [0, 0.1) is 15.2 Å². The van der Waals surface area contributed by atoms with E-state index >= 15 is 0 Å². The van der Waals surface area contributed by atoms with Gasteiger partial charge in [-0.3, -0.25) is 11.3 Å². The van der Waals surface area contributed by atoms with Crippen LogP contribution >= 0.6 is 22.6 Å². The number of nitrogens with two attached hydrogens (primary N) is 1. The van der Waals surface area contributed by atoms with Crippen molar-refractivity contribution in [2.45, 2.75) is 18.9 Å². The Hall–Kier alpha value is -1.05. The fourth-order valence-corrected chi connectivity index (χ4v) is 2.43. The molecule has 0 saturated heterocycles. The second-order valence-electron chi connectivity index (χ2n) is 4.61. The van der Waals surface area contributed by atoms with Crippen molar-refractivity contribution < 1.29 is 8.78 Å². The largest absolute Gasteiger partial charge is 0.271 e. The van der Waals surface area contributed by atoms with Crippen LogP contribution in [0.15, 0.2) is 42.5 Å². The summed E-state index contributed by atoms with van der Waals surface area (Å²) in [5.74, 6) is 3.90. The first-order chi connectivity index (χ1) is 9.60. The van der Waals surface area contributed by atoms with Gasteiger partial charge in [-0.1, -0.05) is 24.3 Å². The minimum atomic E-state index is -0.826. The molecule has 0 aliphatic heterocycles. The van der Waals surface area contributed by atoms with Gasteiger partial charge < -0.3 is 0 Å². The summed E-state index contributed by atoms with van der Waals surface area (Å²) in [5.41, 5.74) is 4.10. The molecule has 1 atom stereocenters. The first-order valence-electron chi connectivity index (χ1n) is 6.23. The van der Waals surface area contributed by atoms with Gasteiger partial charge >= 0.3 is 0 Å². The lowest BCUT2D eigenvalue weighted by Crippen LogP contribution is -2.38. The summed E-state index contributed by atoms with van der Waals surface area (Å²) in [6, 6.07) is 12.1. The average Bonchev–Trinajstić information content (AvgIpc) is 2.45. The highest BCUT2D eigenvalue weighted by atomic mass is 127. The standard InChI is InChI=1S/C15H15F2IN2/c16-14-3-1-2-11(15(14)17)9-13(20-19)8-10-4-6-12(18)7-5-10/h1-7,13,20H,8-9,19H2. The Morgan fingerprint density at radius 2 is 1.75 bits per heavy atom. The minimum absolute atomic E-state index is 0.147. The van der Waals surface area contributed by atoms with Gasteiger partial charge in [-0.2, -0.15) is 0 Å². The number of hydrogen-bond donors (Lipinski definition) is 2. The predicted molar refractivity (Wildman–Crippen MR) is 84.0 cm³/mol. The lowest BCUT2D eigenvalue weighted by molar-refractivity contribution is 0.474. The second-order valence-corrected chi connectivity index (χ2v) is 5.86. The van der Waals surface area contributed by atoms with Gasteiger partial charge in [-0.05, 0) is 64.8 Å². The summed E-state index contributed by atoms with van der Waals surface area (Å²) in [7, 11) is 0. The van der Waals surface area contributed by atoms with Crippen LogP contribution in [0.5, 0.6) is 0 Å². The molecule has 2 aromatic rings. The second kappa shape index (κ2) is 7.10. The van der Waals surface area contributed by atoms with Crippen molar-refractivity contribution >= 4 is 22.6 Å². The van der Waals surface area contributed by atoms with E-state index in [4.69, 9.17) is 5.84 Å². The van der Waals surface area contributed by atoms with Gasteiger partial charge in [0, 0.05) is 9.61 Å². The van der Waals surface area contributed by atoms with Gasteiger partial charge in [-0.25, -0.2) is 8.78 Å². The van der Waals surface area contributed by atoms with E-state index in [-0.39, 0.29) is 6.04 Å². The SMILES string of the molecule is NNC(Cc1ccc(I)cc1)Cc1cccc(F)c1F. The molecule has 106 valence electrons. The van der Waals surface area contributed by atoms with E-state index in [1.54, 1.807) is 6.07 Å². The van der Waals surface area contributed by atoms with Crippen LogP contribution in [0.1, 0.15) is 11.1 Å². The number of nitrogens with one attached hydrogen (secondary N) is 1. The highest BCUT2D eigenvalue weighted by Gasteiger charge is 2.14. The van der Waals surface area contributed by atoms with Gasteiger partial charge in [0.2, 0.25) is 0 Å². The van der Waals surface area contributed by atoms with Crippen molar-refractivity contribution in [1.82, 2.24) is 5.43 Å². The molecule has 2 nitrogen and oxygen atoms in total. The first-order valence-corrected chi connectivity index (χ1v) is 7.31. The van der Waals surface area contributed by atoms with E-state index in [1.807, 2.05) is 24.3 Å². The van der Waals surface area contributed by atoms with E-state index in [9.17, 15) is 8.78 Å². The third kappa shape index (κ3) is 3.97. The average molecular weight is 388 g/mol. The molecule has 0 aromatic heterocycles. The monoisotopic (exact) mass is 388 g/mol. The topological polar surface area (TPSA) is 38.0 Å². The molecule has 2 rings (SSSR count). The summed E-state index contributed by atoms with van der Waals surface area (Å²) in [4.78, 5) is 0. The Kier molecular flexibility index (Phi) is 5.45. The van der Waals surface area contributed by atoms with E-state index in [0.29, 0.717) is 18.4 Å². The summed E-state index contributed by atoms with van der Waals surface area (Å²) in [5, 5.41) is 0. The minimum Gasteiger partial charge on any atom is -0.271 e. The van der Waals surface area contributed by atoms with Crippen LogP contribution in [0.3, 0.4) is 0 Å². The zero-order valence-corrected chi connectivity index (χ0v) is 12.9. The molecule has 20 heavy (non-hydrogen) atoms. The number of halogens is 3. The first kappa shape index (κ1) is 15.3. The van der Waals surface area contributed by atoms with Crippen LogP contribution < -0.4 is 11.3 Å². The van der Waals surface area contributed by atoms with Crippen molar-refractivity contribution in [2.24, 2.45) is 5.84 Å². The van der Waals surface area contributed by atoms with Crippen molar-refractivity contribution in [3.8, 4) is 0 Å². The van der Waals surface area contributed by atoms with E-state index in [0.717, 1.165) is 15.2 Å². The molecule has 0 spiro atoms. The highest BCUT2D eigenvalue weighted by molar-refractivity contribution is 14.1. The van der Waals surface area contributed by atoms with Crippen LogP contribution in [-0.2, 0) is 12.8 Å². The number of rotatable bonds is 5. The Balaban J connectivity index is 2.09. The molecule has 2 aromatic carbocycles. The molecule has 0 saturated carbocycles. The summed E-state index contributed by atoms with van der Waals surface area (Å²) in [6.45, 7) is 0. The van der Waals surface area contributed by atoms with Gasteiger partial charge in [0.15, 0.2) is 11.6 Å². The summed E-state index contributed by atoms with van der Waals surface area (Å²) in [6.07, 6.45) is 0.995. The Labute approximate surface area is 130 Å². The zero-order chi connectivity index (χ0) is 14.5. The number of hydrazine groups is 1. The maximum Gasteiger partial charge on any atom is 0.162 e. The Morgan fingerprint density at radius 1 is 1.05 bits per heavy atom. The lowest BCUT2D eigenvalue weighted by Gasteiger charge is -2.16. The van der Waals surface area contributed by atoms with Gasteiger partial charge in [0.05, 0.1) is 0 Å². The Bertz CT molecular complexity index is 573. The molecule has 0 aliphatic rings. The normalized spacial score (nSPS) is 12.4. The fourth-order valence-electron chi connectivity index (χ4n) is 2.07. The zero-order valence-electron chi connectivity index (χ0n) is 10.7. The van der Waals surface area contributed by atoms with E-state index < -0.39 is 11.6 Å². The van der Waals surface area contributed by atoms with E-state index in [2.05, 4.69) is 28.0 Å². The van der Waals surface area contributed by atoms with Crippen LogP contribution in [-0.4, -0.2) is 6.04 Å². The molecule has 0 bridgehead atoms. The maximum atomic E-state index is 13.6. The molecule has 0 fully saturated rings. The quantitative estimate of drug-likeness (QED) is 0.469. The fraction of sp³-hybridized carbons (Fsp3) is 0.200. The lowest BCUT2D eigenvalue weighted by atomic mass is 9.99. The molecule has 0 heterocycles. The molecular formula is C15H15F2IN2. The van der Waals surface area contributed by atoms with Crippen molar-refractivity contribution in [3.05, 3.63) is 68.8 Å². The molecule has 0 aliphatic carbocycles. The van der Waals surface area contributed by atoms with Gasteiger partial charge in [0.1, 0.15) is 0 Å². The highest BCUT2D eigenvalue weighted by Crippen LogP contribution is 2.15. The van der Waals surface area contributed by atoms with Crippen LogP contribution in [0.25, 0.3) is 0 Å². The smallest absolute Gasteiger partial charge is 0.162 e. The third-order valence-corrected chi connectivity index (χ3v) is 3.85. The van der Waals surface area contributed by atoms with Crippen molar-refractivity contribution in [1.29, 1.82) is 0 Å². The predicted octanol–water partition coefficient (Wildman–Crippen LogP) is 3.19. The van der Waals surface area contributed by atoms with E-state index in [1.165, 1.54) is 6.07 Å². The molecule has 3 N–H and O–H groups in total. The maximum absolute atomic E-state index is 13.6. The third-order valence-electron chi connectivity index (χ3n) is 3.13. The number of hydrogen-bond acceptors (Lipinski definition) is 2. The van der Waals surface area contributed by atoms with Crippen LogP contribution in [0.4, 0.5) is 8.78 Å². The Morgan fingerprint density at radius 3 is 2.40 bits per heavy atom. The molecule has 0 amide bonds.